The first-order chi connectivity index (χ1) is 13.5. The van der Waals surface area contributed by atoms with Crippen molar-refractivity contribution in [3.63, 3.8) is 0 Å². The number of fused-ring (bicyclic) bond motifs is 1. The van der Waals surface area contributed by atoms with Gasteiger partial charge in [-0.2, -0.15) is 0 Å². The minimum atomic E-state index is -0.863. The highest BCUT2D eigenvalue weighted by atomic mass is 16.5. The molecule has 1 aliphatic heterocycles. The summed E-state index contributed by atoms with van der Waals surface area (Å²) in [5.74, 6) is 1.17. The maximum atomic E-state index is 12.8. The van der Waals surface area contributed by atoms with Crippen LogP contribution in [0.4, 0.5) is 11.4 Å². The van der Waals surface area contributed by atoms with Crippen LogP contribution in [0.2, 0.25) is 0 Å². The lowest BCUT2D eigenvalue weighted by molar-refractivity contribution is -0.123. The van der Waals surface area contributed by atoms with Gasteiger partial charge in [-0.1, -0.05) is 12.1 Å². The van der Waals surface area contributed by atoms with E-state index in [2.05, 4.69) is 5.32 Å². The van der Waals surface area contributed by atoms with Crippen LogP contribution in [-0.2, 0) is 9.59 Å². The van der Waals surface area contributed by atoms with Crippen LogP contribution in [-0.4, -0.2) is 45.8 Å². The zero-order chi connectivity index (χ0) is 20.3. The summed E-state index contributed by atoms with van der Waals surface area (Å²) in [7, 11) is 4.49. The van der Waals surface area contributed by atoms with Crippen molar-refractivity contribution < 1.29 is 28.5 Å². The van der Waals surface area contributed by atoms with Crippen LogP contribution in [0.25, 0.3) is 0 Å². The van der Waals surface area contributed by atoms with Crippen LogP contribution in [0.5, 0.6) is 23.0 Å². The number of benzene rings is 2. The molecule has 0 aromatic heterocycles. The second-order valence-corrected chi connectivity index (χ2v) is 6.11. The van der Waals surface area contributed by atoms with Crippen LogP contribution < -0.4 is 29.2 Å². The number of hydrogen-bond acceptors (Lipinski definition) is 6. The number of amides is 2. The summed E-state index contributed by atoms with van der Waals surface area (Å²) < 4.78 is 21.7. The lowest BCUT2D eigenvalue weighted by Crippen LogP contribution is -2.48. The molecule has 1 aliphatic rings. The zero-order valence-electron chi connectivity index (χ0n) is 16.1. The molecule has 2 aromatic rings. The Morgan fingerprint density at radius 3 is 2.29 bits per heavy atom. The summed E-state index contributed by atoms with van der Waals surface area (Å²) in [6.45, 7) is 1.57. The third kappa shape index (κ3) is 3.66. The summed E-state index contributed by atoms with van der Waals surface area (Å²) in [6, 6.07) is 10.4. The van der Waals surface area contributed by atoms with Crippen LogP contribution >= 0.6 is 0 Å². The maximum Gasteiger partial charge on any atom is 0.267 e. The molecule has 2 amide bonds. The summed E-state index contributed by atoms with van der Waals surface area (Å²) in [5, 5.41) is 2.79. The van der Waals surface area contributed by atoms with Gasteiger partial charge < -0.3 is 29.2 Å². The Morgan fingerprint density at radius 2 is 1.71 bits per heavy atom. The van der Waals surface area contributed by atoms with Crippen molar-refractivity contribution in [2.75, 3.05) is 38.1 Å². The van der Waals surface area contributed by atoms with E-state index in [1.807, 2.05) is 6.07 Å². The molecule has 3 rings (SSSR count). The summed E-state index contributed by atoms with van der Waals surface area (Å²) in [5.41, 5.74) is 1.10. The normalized spacial score (nSPS) is 15.1. The van der Waals surface area contributed by atoms with Crippen LogP contribution in [0.1, 0.15) is 6.92 Å². The fourth-order valence-corrected chi connectivity index (χ4v) is 3.05. The monoisotopic (exact) mass is 386 g/mol. The molecule has 1 heterocycles. The van der Waals surface area contributed by atoms with E-state index in [0.717, 1.165) is 0 Å². The number of carbonyl (C=O) groups excluding carboxylic acids is 2. The second kappa shape index (κ2) is 8.08. The topological polar surface area (TPSA) is 86.3 Å². The molecule has 0 saturated carbocycles. The quantitative estimate of drug-likeness (QED) is 0.850. The van der Waals surface area contributed by atoms with Crippen molar-refractivity contribution in [2.45, 2.75) is 13.0 Å². The predicted octanol–water partition coefficient (Wildman–Crippen LogP) is 2.46. The first-order valence-electron chi connectivity index (χ1n) is 8.63. The standard InChI is InChI=1S/C20H22N2O6/c1-12(23)22-11-18(28-15-8-6-5-7-14(15)22)20(24)21-13-9-16(25-2)19(27-4)17(10-13)26-3/h5-10,18H,11H2,1-4H3,(H,21,24). The number of anilines is 2. The van der Waals surface area contributed by atoms with Gasteiger partial charge in [-0.15, -0.1) is 0 Å². The van der Waals surface area contributed by atoms with Gasteiger partial charge in [0.1, 0.15) is 5.75 Å². The third-order valence-corrected chi connectivity index (χ3v) is 4.38. The summed E-state index contributed by atoms with van der Waals surface area (Å²) in [6.07, 6.45) is -0.863. The number of ether oxygens (including phenoxy) is 4. The smallest absolute Gasteiger partial charge is 0.267 e. The molecule has 8 heteroatoms. The van der Waals surface area contributed by atoms with E-state index >= 15 is 0 Å². The van der Waals surface area contributed by atoms with Gasteiger partial charge in [-0.3, -0.25) is 9.59 Å². The highest BCUT2D eigenvalue weighted by Gasteiger charge is 2.32. The fraction of sp³-hybridized carbons (Fsp3) is 0.300. The van der Waals surface area contributed by atoms with E-state index in [9.17, 15) is 9.59 Å². The highest BCUT2D eigenvalue weighted by molar-refractivity contribution is 5.99. The number of para-hydroxylation sites is 2. The first kappa shape index (κ1) is 19.3. The SMILES string of the molecule is COc1cc(NC(=O)C2CN(C(C)=O)c3ccccc3O2)cc(OC)c1OC. The van der Waals surface area contributed by atoms with Crippen molar-refractivity contribution in [1.82, 2.24) is 0 Å². The molecule has 0 bridgehead atoms. The van der Waals surface area contributed by atoms with E-state index in [-0.39, 0.29) is 12.5 Å². The summed E-state index contributed by atoms with van der Waals surface area (Å²) in [4.78, 5) is 26.4. The van der Waals surface area contributed by atoms with Gasteiger partial charge in [-0.25, -0.2) is 0 Å². The molecule has 28 heavy (non-hydrogen) atoms. The van der Waals surface area contributed by atoms with E-state index in [1.165, 1.54) is 33.2 Å². The maximum absolute atomic E-state index is 12.8. The van der Waals surface area contributed by atoms with E-state index < -0.39 is 12.0 Å². The Labute approximate surface area is 162 Å². The molecule has 1 N–H and O–H groups in total. The minimum Gasteiger partial charge on any atom is -0.493 e. The number of rotatable bonds is 5. The summed E-state index contributed by atoms with van der Waals surface area (Å²) >= 11 is 0. The minimum absolute atomic E-state index is 0.114. The lowest BCUT2D eigenvalue weighted by atomic mass is 10.1. The lowest BCUT2D eigenvalue weighted by Gasteiger charge is -2.33. The molecule has 0 saturated heterocycles. The largest absolute Gasteiger partial charge is 0.493 e. The number of nitrogens with zero attached hydrogens (tertiary/aromatic N) is 1. The average Bonchev–Trinajstić information content (AvgIpc) is 2.71. The highest BCUT2D eigenvalue weighted by Crippen LogP contribution is 2.40. The molecule has 0 spiro atoms. The molecule has 1 unspecified atom stereocenters. The molecular formula is C20H22N2O6. The molecule has 148 valence electrons. The van der Waals surface area contributed by atoms with Gasteiger partial charge in [0.2, 0.25) is 11.7 Å². The van der Waals surface area contributed by atoms with Gasteiger partial charge in [0, 0.05) is 24.7 Å². The Balaban J connectivity index is 1.85. The van der Waals surface area contributed by atoms with Crippen molar-refractivity contribution >= 4 is 23.2 Å². The molecular weight excluding hydrogens is 364 g/mol. The van der Waals surface area contributed by atoms with Crippen molar-refractivity contribution in [1.29, 1.82) is 0 Å². The van der Waals surface area contributed by atoms with Gasteiger partial charge in [0.25, 0.3) is 5.91 Å². The van der Waals surface area contributed by atoms with Gasteiger partial charge >= 0.3 is 0 Å². The number of carbonyl (C=O) groups is 2. The van der Waals surface area contributed by atoms with Crippen molar-refractivity contribution in [2.24, 2.45) is 0 Å². The number of hydrogen-bond donors (Lipinski definition) is 1. The van der Waals surface area contributed by atoms with Crippen molar-refractivity contribution in [3.05, 3.63) is 36.4 Å². The number of methoxy groups -OCH3 is 3. The second-order valence-electron chi connectivity index (χ2n) is 6.11. The Morgan fingerprint density at radius 1 is 1.07 bits per heavy atom. The van der Waals surface area contributed by atoms with Gasteiger partial charge in [0.05, 0.1) is 33.6 Å². The van der Waals surface area contributed by atoms with Crippen LogP contribution in [0.3, 0.4) is 0 Å². The van der Waals surface area contributed by atoms with Crippen molar-refractivity contribution in [3.8, 4) is 23.0 Å². The van der Waals surface area contributed by atoms with Crippen LogP contribution in [0.15, 0.2) is 36.4 Å². The van der Waals surface area contributed by atoms with Gasteiger partial charge in [0.15, 0.2) is 17.6 Å². The fourth-order valence-electron chi connectivity index (χ4n) is 3.05. The predicted molar refractivity (Wildman–Crippen MR) is 104 cm³/mol. The van der Waals surface area contributed by atoms with E-state index in [0.29, 0.717) is 34.4 Å². The molecule has 0 radical (unpaired) electrons. The Kier molecular flexibility index (Phi) is 5.58. The van der Waals surface area contributed by atoms with E-state index in [1.54, 1.807) is 30.3 Å². The Bertz CT molecular complexity index is 873. The number of nitrogens with one attached hydrogen (secondary N) is 1. The first-order valence-corrected chi connectivity index (χ1v) is 8.63. The molecule has 2 aromatic carbocycles. The zero-order valence-corrected chi connectivity index (χ0v) is 16.1. The van der Waals surface area contributed by atoms with Gasteiger partial charge in [-0.05, 0) is 12.1 Å². The Hall–Kier alpha value is -3.42. The van der Waals surface area contributed by atoms with Crippen LogP contribution in [0, 0.1) is 0 Å². The third-order valence-electron chi connectivity index (χ3n) is 4.38. The molecule has 0 aliphatic carbocycles. The molecule has 0 fully saturated rings. The average molecular weight is 386 g/mol. The van der Waals surface area contributed by atoms with E-state index in [4.69, 9.17) is 18.9 Å². The molecule has 8 nitrogen and oxygen atoms in total. The molecule has 1 atom stereocenters.